The molecule has 2 aromatic carbocycles. The van der Waals surface area contributed by atoms with Crippen molar-refractivity contribution in [3.63, 3.8) is 0 Å². The molecule has 0 bridgehead atoms. The minimum Gasteiger partial charge on any atom is -0.360 e. The number of rotatable bonds is 6. The number of halogens is 1. The van der Waals surface area contributed by atoms with E-state index < -0.39 is 33.9 Å². The minimum atomic E-state index is -3.82. The number of aryl methyl sites for hydroxylation is 1. The van der Waals surface area contributed by atoms with Crippen LogP contribution in [0.5, 0.6) is 0 Å². The van der Waals surface area contributed by atoms with E-state index in [1.807, 2.05) is 6.92 Å². The van der Waals surface area contributed by atoms with Crippen LogP contribution in [-0.2, 0) is 30.9 Å². The molecule has 0 unspecified atom stereocenters. The van der Waals surface area contributed by atoms with Crippen molar-refractivity contribution in [2.24, 2.45) is 0 Å². The Balaban J connectivity index is 1.58. The fraction of sp³-hybridized carbons (Fsp3) is 0.333. The monoisotopic (exact) mass is 449 g/mol. The molecule has 31 heavy (non-hydrogen) atoms. The van der Waals surface area contributed by atoms with E-state index in [9.17, 15) is 22.4 Å². The Kier molecular flexibility index (Phi) is 7.37. The molecule has 166 valence electrons. The van der Waals surface area contributed by atoms with Gasteiger partial charge in [0.25, 0.3) is 0 Å². The number of hydrogen-bond acceptors (Lipinski definition) is 5. The maximum absolute atomic E-state index is 13.0. The number of sulfonamides is 1. The molecule has 1 saturated heterocycles. The van der Waals surface area contributed by atoms with E-state index in [0.717, 1.165) is 5.56 Å². The summed E-state index contributed by atoms with van der Waals surface area (Å²) < 4.78 is 45.7. The zero-order valence-electron chi connectivity index (χ0n) is 17.0. The molecule has 0 spiro atoms. The molecule has 2 N–H and O–H groups in total. The van der Waals surface area contributed by atoms with E-state index in [1.165, 1.54) is 40.7 Å². The van der Waals surface area contributed by atoms with Crippen molar-refractivity contribution in [2.75, 3.05) is 19.7 Å². The zero-order chi connectivity index (χ0) is 22.4. The Morgan fingerprint density at radius 2 is 1.71 bits per heavy atom. The maximum Gasteiger partial charge on any atom is 0.309 e. The van der Waals surface area contributed by atoms with Crippen molar-refractivity contribution >= 4 is 21.8 Å². The Labute approximate surface area is 180 Å². The van der Waals surface area contributed by atoms with E-state index in [4.69, 9.17) is 4.74 Å². The van der Waals surface area contributed by atoms with E-state index in [1.54, 1.807) is 12.1 Å². The molecular formula is C21H24FN3O5S. The summed E-state index contributed by atoms with van der Waals surface area (Å²) in [6, 6.07) is 12.0. The van der Waals surface area contributed by atoms with E-state index in [-0.39, 0.29) is 24.5 Å². The van der Waals surface area contributed by atoms with Crippen LogP contribution >= 0.6 is 0 Å². The van der Waals surface area contributed by atoms with Crippen LogP contribution in [0.2, 0.25) is 0 Å². The van der Waals surface area contributed by atoms with Crippen LogP contribution in [0.3, 0.4) is 0 Å². The highest BCUT2D eigenvalue weighted by molar-refractivity contribution is 7.89. The standard InChI is InChI=1S/C21H24FN3O5S/c1-15-3-9-18(10-4-15)31(28,29)25-11-2-12-30-19(25)14-24-21(27)20(26)23-13-16-5-7-17(22)8-6-16/h3-10,19H,2,11-14H2,1H3,(H,23,26)(H,24,27)/t19-/m1/s1. The Morgan fingerprint density at radius 3 is 2.39 bits per heavy atom. The van der Waals surface area contributed by atoms with Crippen LogP contribution in [0.1, 0.15) is 17.5 Å². The topological polar surface area (TPSA) is 105 Å². The third-order valence-electron chi connectivity index (χ3n) is 4.79. The Morgan fingerprint density at radius 1 is 1.06 bits per heavy atom. The highest BCUT2D eigenvalue weighted by Gasteiger charge is 2.34. The number of benzene rings is 2. The summed E-state index contributed by atoms with van der Waals surface area (Å²) in [5.74, 6) is -2.19. The molecule has 2 aromatic rings. The summed E-state index contributed by atoms with van der Waals surface area (Å²) in [4.78, 5) is 24.3. The van der Waals surface area contributed by atoms with Gasteiger partial charge in [-0.25, -0.2) is 12.8 Å². The average Bonchev–Trinajstić information content (AvgIpc) is 2.77. The molecular weight excluding hydrogens is 425 g/mol. The lowest BCUT2D eigenvalue weighted by Gasteiger charge is -2.34. The van der Waals surface area contributed by atoms with E-state index in [2.05, 4.69) is 10.6 Å². The van der Waals surface area contributed by atoms with Gasteiger partial charge in [0.2, 0.25) is 10.0 Å². The molecule has 0 saturated carbocycles. The Hall–Kier alpha value is -2.82. The number of hydrogen-bond donors (Lipinski definition) is 2. The van der Waals surface area contributed by atoms with Crippen molar-refractivity contribution in [2.45, 2.75) is 31.0 Å². The second kappa shape index (κ2) is 9.99. The predicted octanol–water partition coefficient (Wildman–Crippen LogP) is 1.30. The summed E-state index contributed by atoms with van der Waals surface area (Å²) >= 11 is 0. The Bertz CT molecular complexity index is 1030. The highest BCUT2D eigenvalue weighted by atomic mass is 32.2. The number of amides is 2. The van der Waals surface area contributed by atoms with Crippen molar-refractivity contribution in [3.05, 3.63) is 65.5 Å². The summed E-state index contributed by atoms with van der Waals surface area (Å²) in [6.07, 6.45) is -0.401. The van der Waals surface area contributed by atoms with Crippen LogP contribution in [0.4, 0.5) is 4.39 Å². The summed E-state index contributed by atoms with van der Waals surface area (Å²) in [6.45, 7) is 2.33. The first-order valence-electron chi connectivity index (χ1n) is 9.78. The molecule has 1 atom stereocenters. The van der Waals surface area contributed by atoms with Gasteiger partial charge in [0.05, 0.1) is 18.0 Å². The fourth-order valence-electron chi connectivity index (χ4n) is 3.07. The average molecular weight is 450 g/mol. The molecule has 1 fully saturated rings. The van der Waals surface area contributed by atoms with Gasteiger partial charge in [-0.3, -0.25) is 9.59 Å². The summed E-state index contributed by atoms with van der Waals surface area (Å²) in [7, 11) is -3.82. The van der Waals surface area contributed by atoms with E-state index >= 15 is 0 Å². The van der Waals surface area contributed by atoms with Gasteiger partial charge in [-0.2, -0.15) is 4.31 Å². The van der Waals surface area contributed by atoms with Crippen LogP contribution < -0.4 is 10.6 Å². The lowest BCUT2D eigenvalue weighted by Crippen LogP contribution is -2.53. The van der Waals surface area contributed by atoms with Crippen molar-refractivity contribution in [1.82, 2.24) is 14.9 Å². The van der Waals surface area contributed by atoms with Crippen LogP contribution in [0.25, 0.3) is 0 Å². The smallest absolute Gasteiger partial charge is 0.309 e. The molecule has 1 heterocycles. The molecule has 0 radical (unpaired) electrons. The van der Waals surface area contributed by atoms with Crippen molar-refractivity contribution in [1.29, 1.82) is 0 Å². The maximum atomic E-state index is 13.0. The van der Waals surface area contributed by atoms with Gasteiger partial charge >= 0.3 is 11.8 Å². The predicted molar refractivity (Wildman–Crippen MR) is 111 cm³/mol. The molecule has 1 aliphatic heterocycles. The number of nitrogens with zero attached hydrogens (tertiary/aromatic N) is 1. The molecule has 0 aromatic heterocycles. The van der Waals surface area contributed by atoms with Gasteiger partial charge in [0, 0.05) is 13.1 Å². The van der Waals surface area contributed by atoms with E-state index in [0.29, 0.717) is 18.6 Å². The highest BCUT2D eigenvalue weighted by Crippen LogP contribution is 2.22. The molecule has 10 heteroatoms. The molecule has 0 aliphatic carbocycles. The largest absolute Gasteiger partial charge is 0.360 e. The third-order valence-corrected chi connectivity index (χ3v) is 6.69. The number of nitrogens with one attached hydrogen (secondary N) is 2. The van der Waals surface area contributed by atoms with Crippen molar-refractivity contribution in [3.8, 4) is 0 Å². The minimum absolute atomic E-state index is 0.0559. The van der Waals surface area contributed by atoms with Gasteiger partial charge in [0.15, 0.2) is 0 Å². The SMILES string of the molecule is Cc1ccc(S(=O)(=O)N2CCCO[C@@H]2CNC(=O)C(=O)NCc2ccc(F)cc2)cc1. The lowest BCUT2D eigenvalue weighted by molar-refractivity contribution is -0.140. The van der Waals surface area contributed by atoms with Crippen LogP contribution in [-0.4, -0.2) is 50.5 Å². The van der Waals surface area contributed by atoms with Gasteiger partial charge < -0.3 is 15.4 Å². The van der Waals surface area contributed by atoms with Gasteiger partial charge in [0.1, 0.15) is 12.0 Å². The van der Waals surface area contributed by atoms with Crippen LogP contribution in [0, 0.1) is 12.7 Å². The van der Waals surface area contributed by atoms with Gasteiger partial charge in [-0.1, -0.05) is 29.8 Å². The molecule has 1 aliphatic rings. The fourth-order valence-corrected chi connectivity index (χ4v) is 4.64. The second-order valence-corrected chi connectivity index (χ2v) is 9.02. The summed E-state index contributed by atoms with van der Waals surface area (Å²) in [5, 5.41) is 4.85. The quantitative estimate of drug-likeness (QED) is 0.647. The zero-order valence-corrected chi connectivity index (χ0v) is 17.8. The number of carbonyl (C=O) groups is 2. The van der Waals surface area contributed by atoms with Crippen LogP contribution in [0.15, 0.2) is 53.4 Å². The first kappa shape index (κ1) is 22.9. The first-order chi connectivity index (χ1) is 14.8. The first-order valence-corrected chi connectivity index (χ1v) is 11.2. The molecule has 2 amide bonds. The summed E-state index contributed by atoms with van der Waals surface area (Å²) in [5.41, 5.74) is 1.57. The normalized spacial score (nSPS) is 17.2. The molecule has 8 nitrogen and oxygen atoms in total. The van der Waals surface area contributed by atoms with Gasteiger partial charge in [-0.05, 0) is 43.2 Å². The lowest BCUT2D eigenvalue weighted by atomic mass is 10.2. The van der Waals surface area contributed by atoms with Gasteiger partial charge in [-0.15, -0.1) is 0 Å². The molecule has 3 rings (SSSR count). The third kappa shape index (κ3) is 5.87. The number of carbonyl (C=O) groups excluding carboxylic acids is 2. The second-order valence-electron chi connectivity index (χ2n) is 7.13. The number of ether oxygens (including phenoxy) is 1. The van der Waals surface area contributed by atoms with Crippen molar-refractivity contribution < 1.29 is 27.1 Å².